The molecule has 0 radical (unpaired) electrons. The second kappa shape index (κ2) is 5.67. The van der Waals surface area contributed by atoms with Crippen molar-refractivity contribution in [1.29, 1.82) is 0 Å². The van der Waals surface area contributed by atoms with E-state index in [0.717, 1.165) is 25.0 Å². The standard InChI is InChI=1S/C14H21N3S/c1-4-10-8-11(17(3)16-10)9-13(15)14-7-6-12(5-2)18-14/h6-8,13H,4-5,9,15H2,1-3H3. The number of hydrogen-bond acceptors (Lipinski definition) is 3. The topological polar surface area (TPSA) is 43.8 Å². The van der Waals surface area contributed by atoms with E-state index in [2.05, 4.69) is 37.1 Å². The van der Waals surface area contributed by atoms with Gasteiger partial charge in [-0.25, -0.2) is 0 Å². The van der Waals surface area contributed by atoms with Gasteiger partial charge in [-0.15, -0.1) is 11.3 Å². The molecule has 0 aliphatic carbocycles. The van der Waals surface area contributed by atoms with Crippen LogP contribution in [0.3, 0.4) is 0 Å². The minimum atomic E-state index is 0.0791. The highest BCUT2D eigenvalue weighted by molar-refractivity contribution is 7.12. The third-order valence-electron chi connectivity index (χ3n) is 3.21. The molecule has 0 amide bonds. The van der Waals surface area contributed by atoms with Gasteiger partial charge in [0, 0.05) is 35.0 Å². The lowest BCUT2D eigenvalue weighted by molar-refractivity contribution is 0.644. The Morgan fingerprint density at radius 3 is 2.67 bits per heavy atom. The van der Waals surface area contributed by atoms with Crippen LogP contribution in [0.15, 0.2) is 18.2 Å². The Bertz CT molecular complexity index is 513. The molecule has 1 unspecified atom stereocenters. The maximum Gasteiger partial charge on any atom is 0.0624 e. The highest BCUT2D eigenvalue weighted by Gasteiger charge is 2.13. The molecule has 98 valence electrons. The van der Waals surface area contributed by atoms with Crippen LogP contribution in [0, 0.1) is 0 Å². The minimum Gasteiger partial charge on any atom is -0.323 e. The summed E-state index contributed by atoms with van der Waals surface area (Å²) in [4.78, 5) is 2.67. The van der Waals surface area contributed by atoms with Gasteiger partial charge in [-0.1, -0.05) is 13.8 Å². The summed E-state index contributed by atoms with van der Waals surface area (Å²) in [6.07, 6.45) is 2.91. The van der Waals surface area contributed by atoms with Gasteiger partial charge in [0.2, 0.25) is 0 Å². The summed E-state index contributed by atoms with van der Waals surface area (Å²) in [5, 5.41) is 4.46. The van der Waals surface area contributed by atoms with Crippen LogP contribution in [0.5, 0.6) is 0 Å². The van der Waals surface area contributed by atoms with Gasteiger partial charge in [-0.2, -0.15) is 5.10 Å². The van der Waals surface area contributed by atoms with E-state index in [-0.39, 0.29) is 6.04 Å². The Kier molecular flexibility index (Phi) is 4.19. The zero-order valence-electron chi connectivity index (χ0n) is 11.3. The molecular formula is C14H21N3S. The lowest BCUT2D eigenvalue weighted by atomic mass is 10.1. The van der Waals surface area contributed by atoms with Crippen molar-refractivity contribution in [1.82, 2.24) is 9.78 Å². The lowest BCUT2D eigenvalue weighted by Gasteiger charge is -2.09. The quantitative estimate of drug-likeness (QED) is 0.901. The van der Waals surface area contributed by atoms with E-state index in [4.69, 9.17) is 5.73 Å². The Morgan fingerprint density at radius 2 is 2.11 bits per heavy atom. The van der Waals surface area contributed by atoms with Crippen molar-refractivity contribution in [3.8, 4) is 0 Å². The van der Waals surface area contributed by atoms with Crippen molar-refractivity contribution in [3.05, 3.63) is 39.3 Å². The first-order valence-electron chi connectivity index (χ1n) is 6.50. The van der Waals surface area contributed by atoms with Crippen molar-refractivity contribution in [2.45, 2.75) is 39.2 Å². The monoisotopic (exact) mass is 263 g/mol. The van der Waals surface area contributed by atoms with Gasteiger partial charge < -0.3 is 5.73 Å². The Labute approximate surface area is 113 Å². The normalized spacial score (nSPS) is 12.9. The average Bonchev–Trinajstić information content (AvgIpc) is 2.96. The van der Waals surface area contributed by atoms with Crippen LogP contribution < -0.4 is 5.73 Å². The molecule has 0 fully saturated rings. The number of nitrogens with zero attached hydrogens (tertiary/aromatic N) is 2. The summed E-state index contributed by atoms with van der Waals surface area (Å²) >= 11 is 1.82. The second-order valence-corrected chi connectivity index (χ2v) is 5.77. The fraction of sp³-hybridized carbons (Fsp3) is 0.500. The van der Waals surface area contributed by atoms with Crippen molar-refractivity contribution >= 4 is 11.3 Å². The van der Waals surface area contributed by atoms with E-state index >= 15 is 0 Å². The van der Waals surface area contributed by atoms with E-state index in [0.29, 0.717) is 0 Å². The van der Waals surface area contributed by atoms with Crippen LogP contribution in [-0.2, 0) is 26.3 Å². The molecule has 2 N–H and O–H groups in total. The Balaban J connectivity index is 2.10. The average molecular weight is 263 g/mol. The van der Waals surface area contributed by atoms with E-state index in [9.17, 15) is 0 Å². The minimum absolute atomic E-state index is 0.0791. The molecule has 0 saturated heterocycles. The molecule has 2 rings (SSSR count). The molecule has 2 aromatic heterocycles. The van der Waals surface area contributed by atoms with Gasteiger partial charge in [-0.05, 0) is 31.0 Å². The Morgan fingerprint density at radius 1 is 1.33 bits per heavy atom. The maximum atomic E-state index is 6.28. The molecule has 4 heteroatoms. The number of aromatic nitrogens is 2. The van der Waals surface area contributed by atoms with Crippen LogP contribution in [0.1, 0.15) is 41.0 Å². The SMILES string of the molecule is CCc1cc(CC(N)c2ccc(CC)s2)n(C)n1. The molecule has 0 spiro atoms. The van der Waals surface area contributed by atoms with Gasteiger partial charge in [0.15, 0.2) is 0 Å². The molecule has 3 nitrogen and oxygen atoms in total. The third-order valence-corrected chi connectivity index (χ3v) is 4.58. The van der Waals surface area contributed by atoms with Crippen molar-refractivity contribution in [3.63, 3.8) is 0 Å². The number of nitrogens with two attached hydrogens (primary N) is 1. The second-order valence-electron chi connectivity index (χ2n) is 4.57. The lowest BCUT2D eigenvalue weighted by Crippen LogP contribution is -2.14. The first-order valence-corrected chi connectivity index (χ1v) is 7.31. The molecule has 18 heavy (non-hydrogen) atoms. The van der Waals surface area contributed by atoms with Crippen LogP contribution in [0.4, 0.5) is 0 Å². The molecule has 0 aliphatic heterocycles. The molecule has 2 heterocycles. The van der Waals surface area contributed by atoms with Crippen molar-refractivity contribution < 1.29 is 0 Å². The molecular weight excluding hydrogens is 242 g/mol. The van der Waals surface area contributed by atoms with Gasteiger partial charge in [0.05, 0.1) is 5.69 Å². The Hall–Kier alpha value is -1.13. The summed E-state index contributed by atoms with van der Waals surface area (Å²) in [6, 6.07) is 6.58. The number of rotatable bonds is 5. The van der Waals surface area contributed by atoms with Gasteiger partial charge >= 0.3 is 0 Å². The molecule has 0 aromatic carbocycles. The molecule has 2 aromatic rings. The van der Waals surface area contributed by atoms with E-state index in [1.165, 1.54) is 15.4 Å². The summed E-state index contributed by atoms with van der Waals surface area (Å²) in [5.41, 5.74) is 8.64. The highest BCUT2D eigenvalue weighted by atomic mass is 32.1. The number of aryl methyl sites for hydroxylation is 3. The maximum absolute atomic E-state index is 6.28. The first-order chi connectivity index (χ1) is 8.63. The number of thiophene rings is 1. The van der Waals surface area contributed by atoms with E-state index < -0.39 is 0 Å². The fourth-order valence-electron chi connectivity index (χ4n) is 2.05. The molecule has 0 saturated carbocycles. The fourth-order valence-corrected chi connectivity index (χ4v) is 3.00. The molecule has 1 atom stereocenters. The van der Waals surface area contributed by atoms with Crippen LogP contribution >= 0.6 is 11.3 Å². The summed E-state index contributed by atoms with van der Waals surface area (Å²) in [5.74, 6) is 0. The molecule has 0 aliphatic rings. The largest absolute Gasteiger partial charge is 0.323 e. The van der Waals surface area contributed by atoms with Gasteiger partial charge in [0.25, 0.3) is 0 Å². The van der Waals surface area contributed by atoms with E-state index in [1.807, 2.05) is 23.1 Å². The zero-order valence-corrected chi connectivity index (χ0v) is 12.1. The highest BCUT2D eigenvalue weighted by Crippen LogP contribution is 2.24. The summed E-state index contributed by atoms with van der Waals surface area (Å²) in [7, 11) is 1.99. The predicted molar refractivity (Wildman–Crippen MR) is 76.9 cm³/mol. The zero-order chi connectivity index (χ0) is 13.1. The predicted octanol–water partition coefficient (Wildman–Crippen LogP) is 2.85. The van der Waals surface area contributed by atoms with E-state index in [1.54, 1.807) is 0 Å². The first kappa shape index (κ1) is 13.3. The van der Waals surface area contributed by atoms with Crippen molar-refractivity contribution in [2.24, 2.45) is 12.8 Å². The summed E-state index contributed by atoms with van der Waals surface area (Å²) in [6.45, 7) is 4.30. The number of hydrogen-bond donors (Lipinski definition) is 1. The van der Waals surface area contributed by atoms with Crippen LogP contribution in [0.25, 0.3) is 0 Å². The smallest absolute Gasteiger partial charge is 0.0624 e. The van der Waals surface area contributed by atoms with Gasteiger partial charge in [0.1, 0.15) is 0 Å². The van der Waals surface area contributed by atoms with Crippen molar-refractivity contribution in [2.75, 3.05) is 0 Å². The van der Waals surface area contributed by atoms with Crippen LogP contribution in [0.2, 0.25) is 0 Å². The third kappa shape index (κ3) is 2.82. The summed E-state index contributed by atoms with van der Waals surface area (Å²) < 4.78 is 1.95. The van der Waals surface area contributed by atoms with Gasteiger partial charge in [-0.3, -0.25) is 4.68 Å². The molecule has 0 bridgehead atoms. The van der Waals surface area contributed by atoms with Crippen LogP contribution in [-0.4, -0.2) is 9.78 Å².